The van der Waals surface area contributed by atoms with Gasteiger partial charge in [-0.2, -0.15) is 0 Å². The Morgan fingerprint density at radius 1 is 0.758 bits per heavy atom. The number of nitrogens with zero attached hydrogens (tertiary/aromatic N) is 2. The van der Waals surface area contributed by atoms with E-state index in [0.717, 1.165) is 25.2 Å². The topological polar surface area (TPSA) is 25.8 Å². The molecule has 0 aliphatic rings. The van der Waals surface area contributed by atoms with Gasteiger partial charge in [0.15, 0.2) is 0 Å². The molecule has 0 aliphatic heterocycles. The van der Waals surface area contributed by atoms with Crippen LogP contribution in [0.15, 0.2) is 36.5 Å². The van der Waals surface area contributed by atoms with Gasteiger partial charge < -0.3 is 0 Å². The lowest BCUT2D eigenvalue weighted by atomic mass is 9.78. The van der Waals surface area contributed by atoms with E-state index < -0.39 is 0 Å². The number of pyridine rings is 2. The lowest BCUT2D eigenvalue weighted by Gasteiger charge is -2.28. The van der Waals surface area contributed by atoms with Gasteiger partial charge in [-0.05, 0) is 96.4 Å². The van der Waals surface area contributed by atoms with Crippen LogP contribution >= 0.6 is 0 Å². The molecule has 33 heavy (non-hydrogen) atoms. The number of aromatic nitrogens is 2. The van der Waals surface area contributed by atoms with Gasteiger partial charge in [0.1, 0.15) is 0 Å². The maximum atomic E-state index is 4.99. The van der Waals surface area contributed by atoms with Gasteiger partial charge in [0.2, 0.25) is 0 Å². The van der Waals surface area contributed by atoms with Gasteiger partial charge >= 0.3 is 0 Å². The van der Waals surface area contributed by atoms with Crippen LogP contribution in [0, 0.1) is 22.7 Å². The number of aryl methyl sites for hydroxylation is 1. The Hall–Kier alpha value is -1.70. The van der Waals surface area contributed by atoms with E-state index in [0.29, 0.717) is 5.92 Å². The highest BCUT2D eigenvalue weighted by molar-refractivity contribution is 5.23. The quantitative estimate of drug-likeness (QED) is 0.362. The first kappa shape index (κ1) is 27.5. The monoisotopic (exact) mass is 450 g/mol. The highest BCUT2D eigenvalue weighted by Crippen LogP contribution is 2.32. The van der Waals surface area contributed by atoms with Crippen molar-refractivity contribution in [2.24, 2.45) is 22.7 Å². The molecule has 0 N–H and O–H groups in total. The van der Waals surface area contributed by atoms with Crippen molar-refractivity contribution in [3.05, 3.63) is 59.2 Å². The molecule has 2 unspecified atom stereocenters. The molecule has 0 saturated carbocycles. The van der Waals surface area contributed by atoms with Crippen LogP contribution in [0.5, 0.6) is 0 Å². The molecule has 0 amide bonds. The molecule has 0 bridgehead atoms. The van der Waals surface area contributed by atoms with Crippen LogP contribution in [0.2, 0.25) is 0 Å². The largest absolute Gasteiger partial charge is 0.261 e. The summed E-state index contributed by atoms with van der Waals surface area (Å²) in [6.07, 6.45) is 8.85. The molecule has 2 aromatic heterocycles. The van der Waals surface area contributed by atoms with Crippen molar-refractivity contribution in [3.8, 4) is 0 Å². The Kier molecular flexibility index (Phi) is 9.31. The Bertz CT molecular complexity index is 867. The predicted molar refractivity (Wildman–Crippen MR) is 144 cm³/mol. The number of hydrogen-bond acceptors (Lipinski definition) is 2. The summed E-state index contributed by atoms with van der Waals surface area (Å²) < 4.78 is 0. The minimum atomic E-state index is 0.184. The molecule has 2 atom stereocenters. The second kappa shape index (κ2) is 11.2. The summed E-state index contributed by atoms with van der Waals surface area (Å²) in [7, 11) is 0. The van der Waals surface area contributed by atoms with Crippen LogP contribution in [0.3, 0.4) is 0 Å². The van der Waals surface area contributed by atoms with Crippen molar-refractivity contribution in [2.45, 2.75) is 113 Å². The molecule has 2 aromatic rings. The lowest BCUT2D eigenvalue weighted by Crippen LogP contribution is -2.20. The van der Waals surface area contributed by atoms with Crippen molar-refractivity contribution in [1.82, 2.24) is 9.97 Å². The van der Waals surface area contributed by atoms with Crippen LogP contribution < -0.4 is 0 Å². The summed E-state index contributed by atoms with van der Waals surface area (Å²) in [5.74, 6) is 1.42. The first-order chi connectivity index (χ1) is 15.1. The van der Waals surface area contributed by atoms with Crippen LogP contribution in [-0.2, 0) is 24.7 Å². The average molecular weight is 451 g/mol. The number of hydrogen-bond donors (Lipinski definition) is 0. The second-order valence-corrected chi connectivity index (χ2v) is 13.5. The van der Waals surface area contributed by atoms with E-state index in [4.69, 9.17) is 4.98 Å². The van der Waals surface area contributed by atoms with Gasteiger partial charge in [0, 0.05) is 23.3 Å². The highest BCUT2D eigenvalue weighted by atomic mass is 14.7. The molecular formula is C31H50N2. The zero-order valence-corrected chi connectivity index (χ0v) is 23.3. The fourth-order valence-electron chi connectivity index (χ4n) is 4.49. The third kappa shape index (κ3) is 9.98. The van der Waals surface area contributed by atoms with Gasteiger partial charge in [-0.25, -0.2) is 0 Å². The summed E-state index contributed by atoms with van der Waals surface area (Å²) in [6.45, 7) is 23.3. The standard InChI is InChI=1S/C31H50N2/c1-23(14-15-26-20-25(17-19-32-26)30(6,7)8)24(2)16-18-31(9,10)22-28-13-11-12-27(33-28)21-29(3,4)5/h11-13,17,19-20,23-24H,14-16,18,21-22H2,1-10H3. The molecule has 0 saturated heterocycles. The van der Waals surface area contributed by atoms with Gasteiger partial charge in [0.05, 0.1) is 0 Å². The maximum Gasteiger partial charge on any atom is 0.0412 e. The molecule has 184 valence electrons. The van der Waals surface area contributed by atoms with Crippen molar-refractivity contribution in [2.75, 3.05) is 0 Å². The molecular weight excluding hydrogens is 400 g/mol. The molecule has 0 aliphatic carbocycles. The Balaban J connectivity index is 1.86. The fraction of sp³-hybridized carbons (Fsp3) is 0.677. The molecule has 0 fully saturated rings. The molecule has 2 nitrogen and oxygen atoms in total. The molecule has 2 heteroatoms. The lowest BCUT2D eigenvalue weighted by molar-refractivity contribution is 0.255. The summed E-state index contributed by atoms with van der Waals surface area (Å²) >= 11 is 0. The van der Waals surface area contributed by atoms with Crippen LogP contribution in [0.4, 0.5) is 0 Å². The van der Waals surface area contributed by atoms with E-state index in [1.165, 1.54) is 41.9 Å². The maximum absolute atomic E-state index is 4.99. The smallest absolute Gasteiger partial charge is 0.0412 e. The van der Waals surface area contributed by atoms with Crippen molar-refractivity contribution >= 4 is 0 Å². The van der Waals surface area contributed by atoms with E-state index in [1.54, 1.807) is 0 Å². The molecule has 0 aromatic carbocycles. The third-order valence-electron chi connectivity index (χ3n) is 7.02. The predicted octanol–water partition coefficient (Wildman–Crippen LogP) is 8.62. The minimum Gasteiger partial charge on any atom is -0.261 e. The third-order valence-corrected chi connectivity index (χ3v) is 7.02. The van der Waals surface area contributed by atoms with Crippen molar-refractivity contribution in [1.29, 1.82) is 0 Å². The van der Waals surface area contributed by atoms with Crippen LogP contribution in [0.25, 0.3) is 0 Å². The van der Waals surface area contributed by atoms with Gasteiger partial charge in [-0.15, -0.1) is 0 Å². The molecule has 0 spiro atoms. The van der Waals surface area contributed by atoms with Gasteiger partial charge in [-0.3, -0.25) is 9.97 Å². The Morgan fingerprint density at radius 3 is 1.97 bits per heavy atom. The summed E-state index contributed by atoms with van der Waals surface area (Å²) in [5, 5.41) is 0. The van der Waals surface area contributed by atoms with Gasteiger partial charge in [-0.1, -0.05) is 75.3 Å². The molecule has 0 radical (unpaired) electrons. The first-order valence-corrected chi connectivity index (χ1v) is 13.0. The van der Waals surface area contributed by atoms with Gasteiger partial charge in [0.25, 0.3) is 0 Å². The molecule has 2 rings (SSSR count). The van der Waals surface area contributed by atoms with Crippen molar-refractivity contribution in [3.63, 3.8) is 0 Å². The zero-order valence-electron chi connectivity index (χ0n) is 23.3. The van der Waals surface area contributed by atoms with E-state index in [-0.39, 0.29) is 16.2 Å². The van der Waals surface area contributed by atoms with Crippen molar-refractivity contribution < 1.29 is 0 Å². The van der Waals surface area contributed by atoms with Crippen LogP contribution in [0.1, 0.15) is 111 Å². The number of rotatable bonds is 10. The fourth-order valence-corrected chi connectivity index (χ4v) is 4.49. The summed E-state index contributed by atoms with van der Waals surface area (Å²) in [5.41, 5.74) is 5.82. The molecule has 2 heterocycles. The summed E-state index contributed by atoms with van der Waals surface area (Å²) in [4.78, 5) is 9.62. The van der Waals surface area contributed by atoms with E-state index in [9.17, 15) is 0 Å². The Labute approximate surface area is 205 Å². The Morgan fingerprint density at radius 2 is 1.36 bits per heavy atom. The highest BCUT2D eigenvalue weighted by Gasteiger charge is 2.23. The van der Waals surface area contributed by atoms with Crippen LogP contribution in [-0.4, -0.2) is 9.97 Å². The van der Waals surface area contributed by atoms with E-state index >= 15 is 0 Å². The zero-order chi connectivity index (χ0) is 24.9. The second-order valence-electron chi connectivity index (χ2n) is 13.5. The summed E-state index contributed by atoms with van der Waals surface area (Å²) in [6, 6.07) is 11.0. The van der Waals surface area contributed by atoms with E-state index in [1.807, 2.05) is 6.20 Å². The first-order valence-electron chi connectivity index (χ1n) is 13.0. The SMILES string of the molecule is CC(CCc1cc(C(C)(C)C)ccn1)C(C)CCC(C)(C)Cc1cccc(CC(C)(C)C)n1. The minimum absolute atomic E-state index is 0.184. The normalized spacial score (nSPS) is 14.8. The average Bonchev–Trinajstić information content (AvgIpc) is 2.68. The van der Waals surface area contributed by atoms with E-state index in [2.05, 4.69) is 105 Å².